The third-order valence-electron chi connectivity index (χ3n) is 6.23. The molecular formula is C25H29ClN4O2. The van der Waals surface area contributed by atoms with Crippen molar-refractivity contribution in [2.24, 2.45) is 0 Å². The van der Waals surface area contributed by atoms with Crippen LogP contribution in [-0.4, -0.2) is 46.5 Å². The molecule has 1 fully saturated rings. The summed E-state index contributed by atoms with van der Waals surface area (Å²) in [5.41, 5.74) is 2.90. The van der Waals surface area contributed by atoms with Gasteiger partial charge < -0.3 is 15.2 Å². The number of urea groups is 1. The normalized spacial score (nSPS) is 16.4. The van der Waals surface area contributed by atoms with E-state index in [1.807, 2.05) is 37.3 Å². The molecule has 4 rings (SSSR count). The van der Waals surface area contributed by atoms with Crippen molar-refractivity contribution >= 4 is 34.2 Å². The monoisotopic (exact) mass is 452 g/mol. The van der Waals surface area contributed by atoms with Crippen LogP contribution in [0.15, 0.2) is 53.3 Å². The number of likely N-dealkylation sites (tertiary alicyclic amines) is 1. The number of aromatic amines is 1. The van der Waals surface area contributed by atoms with Gasteiger partial charge in [0.1, 0.15) is 0 Å². The highest BCUT2D eigenvalue weighted by Gasteiger charge is 2.28. The molecule has 0 aliphatic carbocycles. The van der Waals surface area contributed by atoms with Crippen LogP contribution in [0.3, 0.4) is 0 Å². The first-order chi connectivity index (χ1) is 15.4. The Morgan fingerprint density at radius 2 is 2.06 bits per heavy atom. The number of hydrogen-bond donors (Lipinski definition) is 2. The number of anilines is 1. The topological polar surface area (TPSA) is 68.4 Å². The number of carbonyl (C=O) groups is 1. The zero-order valence-electron chi connectivity index (χ0n) is 18.5. The van der Waals surface area contributed by atoms with Gasteiger partial charge in [0.15, 0.2) is 0 Å². The molecule has 0 radical (unpaired) electrons. The second kappa shape index (κ2) is 9.76. The Kier molecular flexibility index (Phi) is 6.82. The van der Waals surface area contributed by atoms with Crippen molar-refractivity contribution < 1.29 is 4.79 Å². The lowest BCUT2D eigenvalue weighted by Crippen LogP contribution is -2.45. The van der Waals surface area contributed by atoms with Crippen molar-refractivity contribution in [3.63, 3.8) is 0 Å². The predicted octanol–water partition coefficient (Wildman–Crippen LogP) is 5.01. The summed E-state index contributed by atoms with van der Waals surface area (Å²) in [7, 11) is 0. The Morgan fingerprint density at radius 3 is 2.84 bits per heavy atom. The molecule has 1 saturated heterocycles. The number of rotatable bonds is 6. The average molecular weight is 453 g/mol. The van der Waals surface area contributed by atoms with Crippen LogP contribution in [0.1, 0.15) is 30.9 Å². The lowest BCUT2D eigenvalue weighted by Gasteiger charge is -2.30. The molecule has 7 heteroatoms. The molecule has 0 saturated carbocycles. The van der Waals surface area contributed by atoms with Gasteiger partial charge in [-0.2, -0.15) is 0 Å². The highest BCUT2D eigenvalue weighted by molar-refractivity contribution is 6.30. The van der Waals surface area contributed by atoms with Gasteiger partial charge in [0.05, 0.1) is 12.1 Å². The number of benzene rings is 2. The number of H-pyrrole nitrogens is 1. The molecule has 168 valence electrons. The van der Waals surface area contributed by atoms with Crippen LogP contribution < -0.4 is 10.9 Å². The SMILES string of the molecule is CCN1CCCC1CN(Cc1cc2cccc(C)c2[nH]c1=O)C(=O)Nc1cccc(Cl)c1. The van der Waals surface area contributed by atoms with E-state index in [4.69, 9.17) is 11.6 Å². The summed E-state index contributed by atoms with van der Waals surface area (Å²) in [4.78, 5) is 33.3. The first kappa shape index (κ1) is 22.4. The van der Waals surface area contributed by atoms with Crippen molar-refractivity contribution in [2.45, 2.75) is 39.3 Å². The maximum atomic E-state index is 13.3. The maximum Gasteiger partial charge on any atom is 0.322 e. The number of halogens is 1. The second-order valence-electron chi connectivity index (χ2n) is 8.41. The number of amides is 2. The summed E-state index contributed by atoms with van der Waals surface area (Å²) in [5.74, 6) is 0. The van der Waals surface area contributed by atoms with E-state index in [1.165, 1.54) is 0 Å². The van der Waals surface area contributed by atoms with Crippen LogP contribution in [0.4, 0.5) is 10.5 Å². The lowest BCUT2D eigenvalue weighted by atomic mass is 10.1. The van der Waals surface area contributed by atoms with Gasteiger partial charge >= 0.3 is 6.03 Å². The van der Waals surface area contributed by atoms with E-state index < -0.39 is 0 Å². The van der Waals surface area contributed by atoms with Gasteiger partial charge in [-0.3, -0.25) is 9.69 Å². The minimum atomic E-state index is -0.237. The Labute approximate surface area is 193 Å². The van der Waals surface area contributed by atoms with E-state index in [2.05, 4.69) is 22.1 Å². The minimum absolute atomic E-state index is 0.161. The van der Waals surface area contributed by atoms with Gasteiger partial charge in [0.2, 0.25) is 0 Å². The number of fused-ring (bicyclic) bond motifs is 1. The molecule has 1 atom stereocenters. The first-order valence-electron chi connectivity index (χ1n) is 11.1. The molecule has 2 heterocycles. The highest BCUT2D eigenvalue weighted by Crippen LogP contribution is 2.21. The number of pyridine rings is 1. The van der Waals surface area contributed by atoms with E-state index in [-0.39, 0.29) is 24.2 Å². The van der Waals surface area contributed by atoms with Gasteiger partial charge in [-0.15, -0.1) is 0 Å². The highest BCUT2D eigenvalue weighted by atomic mass is 35.5. The van der Waals surface area contributed by atoms with Crippen LogP contribution in [0, 0.1) is 6.92 Å². The third-order valence-corrected chi connectivity index (χ3v) is 6.46. The van der Waals surface area contributed by atoms with Crippen molar-refractivity contribution in [3.8, 4) is 0 Å². The van der Waals surface area contributed by atoms with Gasteiger partial charge in [-0.25, -0.2) is 4.79 Å². The number of aromatic nitrogens is 1. The number of carbonyl (C=O) groups excluding carboxylic acids is 1. The van der Waals surface area contributed by atoms with Crippen LogP contribution in [0.5, 0.6) is 0 Å². The van der Waals surface area contributed by atoms with Crippen molar-refractivity contribution in [3.05, 3.63) is 75.0 Å². The van der Waals surface area contributed by atoms with Gasteiger partial charge in [0, 0.05) is 28.9 Å². The van der Waals surface area contributed by atoms with E-state index >= 15 is 0 Å². The van der Waals surface area contributed by atoms with Crippen LogP contribution in [0.2, 0.25) is 5.02 Å². The number of para-hydroxylation sites is 1. The van der Waals surface area contributed by atoms with E-state index in [1.54, 1.807) is 23.1 Å². The number of nitrogens with zero attached hydrogens (tertiary/aromatic N) is 2. The molecular weight excluding hydrogens is 424 g/mol. The Hall–Kier alpha value is -2.83. The molecule has 0 bridgehead atoms. The zero-order chi connectivity index (χ0) is 22.7. The molecule has 2 N–H and O–H groups in total. The number of nitrogens with one attached hydrogen (secondary N) is 2. The molecule has 2 amide bonds. The standard InChI is InChI=1S/C25H29ClN4O2/c1-3-29-12-6-11-22(29)16-30(25(32)27-21-10-5-9-20(26)14-21)15-19-13-18-8-4-7-17(2)23(18)28-24(19)31/h4-5,7-10,13-14,22H,3,6,11-12,15-16H2,1-2H3,(H,27,32)(H,28,31). The minimum Gasteiger partial charge on any atom is -0.321 e. The zero-order valence-corrected chi connectivity index (χ0v) is 19.3. The number of aryl methyl sites for hydroxylation is 1. The third kappa shape index (κ3) is 4.97. The summed E-state index contributed by atoms with van der Waals surface area (Å²) in [5, 5.41) is 4.47. The maximum absolute atomic E-state index is 13.3. The second-order valence-corrected chi connectivity index (χ2v) is 8.84. The van der Waals surface area contributed by atoms with Crippen LogP contribution in [-0.2, 0) is 6.54 Å². The molecule has 1 unspecified atom stereocenters. The van der Waals surface area contributed by atoms with Crippen molar-refractivity contribution in [1.82, 2.24) is 14.8 Å². The fourth-order valence-corrected chi connectivity index (χ4v) is 4.70. The van der Waals surface area contributed by atoms with Gasteiger partial charge in [0.25, 0.3) is 5.56 Å². The van der Waals surface area contributed by atoms with Gasteiger partial charge in [-0.05, 0) is 68.1 Å². The summed E-state index contributed by atoms with van der Waals surface area (Å²) in [6.07, 6.45) is 2.17. The quantitative estimate of drug-likeness (QED) is 0.552. The molecule has 1 aromatic heterocycles. The summed E-state index contributed by atoms with van der Waals surface area (Å²) in [6.45, 7) is 6.91. The van der Waals surface area contributed by atoms with E-state index in [0.717, 1.165) is 42.4 Å². The van der Waals surface area contributed by atoms with Crippen molar-refractivity contribution in [1.29, 1.82) is 0 Å². The molecule has 1 aliphatic rings. The fraction of sp³-hybridized carbons (Fsp3) is 0.360. The number of hydrogen-bond acceptors (Lipinski definition) is 3. The molecule has 1 aliphatic heterocycles. The smallest absolute Gasteiger partial charge is 0.321 e. The van der Waals surface area contributed by atoms with Crippen LogP contribution >= 0.6 is 11.6 Å². The van der Waals surface area contributed by atoms with Crippen molar-refractivity contribution in [2.75, 3.05) is 25.0 Å². The molecule has 0 spiro atoms. The molecule has 32 heavy (non-hydrogen) atoms. The molecule has 2 aromatic carbocycles. The van der Waals surface area contributed by atoms with Crippen LogP contribution in [0.25, 0.3) is 10.9 Å². The van der Waals surface area contributed by atoms with E-state index in [0.29, 0.717) is 22.8 Å². The Balaban J connectivity index is 1.62. The fourth-order valence-electron chi connectivity index (χ4n) is 4.51. The summed E-state index contributed by atoms with van der Waals surface area (Å²) >= 11 is 6.09. The van der Waals surface area contributed by atoms with Gasteiger partial charge in [-0.1, -0.05) is 42.8 Å². The Bertz CT molecular complexity index is 1180. The largest absolute Gasteiger partial charge is 0.322 e. The molecule has 3 aromatic rings. The summed E-state index contributed by atoms with van der Waals surface area (Å²) in [6, 6.07) is 15.0. The Morgan fingerprint density at radius 1 is 1.25 bits per heavy atom. The van der Waals surface area contributed by atoms with E-state index in [9.17, 15) is 9.59 Å². The number of likely N-dealkylation sites (N-methyl/N-ethyl adjacent to an activating group) is 1. The predicted molar refractivity (Wildman–Crippen MR) is 130 cm³/mol. The molecule has 6 nitrogen and oxygen atoms in total. The summed E-state index contributed by atoms with van der Waals surface area (Å²) < 4.78 is 0. The average Bonchev–Trinajstić information content (AvgIpc) is 3.21. The lowest BCUT2D eigenvalue weighted by molar-refractivity contribution is 0.174. The first-order valence-corrected chi connectivity index (χ1v) is 11.5.